The zero-order valence-corrected chi connectivity index (χ0v) is 20.5. The topological polar surface area (TPSA) is 51.2 Å². The summed E-state index contributed by atoms with van der Waals surface area (Å²) in [5.74, 6) is 3.05. The SMILES string of the molecule is C=C(CCC(C)=O)C(C)=O.CCCC(CC1(c2ccccc2)SCCCS1)C(C)=O. The molecule has 2 rings (SSSR count). The number of ketones is 3. The Balaban J connectivity index is 0.000000382. The molecule has 3 nitrogen and oxygen atoms in total. The van der Waals surface area contributed by atoms with Crippen LogP contribution >= 0.6 is 23.5 Å². The van der Waals surface area contributed by atoms with Crippen molar-refractivity contribution in [2.45, 2.75) is 70.3 Å². The highest BCUT2D eigenvalue weighted by molar-refractivity contribution is 8.18. The van der Waals surface area contributed by atoms with Crippen molar-refractivity contribution in [3.8, 4) is 0 Å². The lowest BCUT2D eigenvalue weighted by Crippen LogP contribution is -2.28. The van der Waals surface area contributed by atoms with E-state index in [2.05, 4.69) is 43.8 Å². The standard InChI is InChI=1S/C17H24OS2.C8H12O2/c1-3-8-15(14(2)18)13-17(19-11-7-12-20-17)16-9-5-4-6-10-16;1-6(8(3)10)4-5-7(2)9/h4-6,9-10,15H,3,7-8,11-13H2,1-2H3;1,4-5H2,2-3H3. The van der Waals surface area contributed by atoms with Crippen LogP contribution in [0.15, 0.2) is 42.5 Å². The van der Waals surface area contributed by atoms with E-state index in [1.165, 1.54) is 37.3 Å². The number of hydrogen-bond donors (Lipinski definition) is 0. The van der Waals surface area contributed by atoms with Crippen LogP contribution in [0.4, 0.5) is 0 Å². The van der Waals surface area contributed by atoms with Crippen molar-refractivity contribution in [2.24, 2.45) is 5.92 Å². The van der Waals surface area contributed by atoms with Crippen LogP contribution < -0.4 is 0 Å². The van der Waals surface area contributed by atoms with Gasteiger partial charge in [0.1, 0.15) is 11.6 Å². The molecule has 1 aliphatic heterocycles. The van der Waals surface area contributed by atoms with E-state index >= 15 is 0 Å². The zero-order valence-electron chi connectivity index (χ0n) is 18.9. The van der Waals surface area contributed by atoms with E-state index in [0.29, 0.717) is 24.2 Å². The van der Waals surface area contributed by atoms with Crippen LogP contribution in [0.2, 0.25) is 0 Å². The summed E-state index contributed by atoms with van der Waals surface area (Å²) in [6, 6.07) is 10.8. The monoisotopic (exact) mass is 448 g/mol. The number of thioether (sulfide) groups is 2. The summed E-state index contributed by atoms with van der Waals surface area (Å²) in [6.45, 7) is 10.4. The molecule has 0 saturated carbocycles. The van der Waals surface area contributed by atoms with Gasteiger partial charge in [0.05, 0.1) is 4.08 Å². The van der Waals surface area contributed by atoms with Crippen LogP contribution in [0, 0.1) is 5.92 Å². The maximum atomic E-state index is 12.0. The molecule has 0 radical (unpaired) electrons. The molecule has 0 N–H and O–H groups in total. The summed E-state index contributed by atoms with van der Waals surface area (Å²) < 4.78 is 0.0883. The summed E-state index contributed by atoms with van der Waals surface area (Å²) >= 11 is 4.09. The van der Waals surface area contributed by atoms with Gasteiger partial charge in [-0.3, -0.25) is 9.59 Å². The normalized spacial score (nSPS) is 16.0. The van der Waals surface area contributed by atoms with Crippen LogP contribution in [-0.4, -0.2) is 28.9 Å². The Morgan fingerprint density at radius 3 is 2.10 bits per heavy atom. The fraction of sp³-hybridized carbons (Fsp3) is 0.560. The molecule has 1 atom stereocenters. The average molecular weight is 449 g/mol. The summed E-state index contributed by atoms with van der Waals surface area (Å²) in [5, 5.41) is 0. The van der Waals surface area contributed by atoms with Gasteiger partial charge < -0.3 is 4.79 Å². The fourth-order valence-electron chi connectivity index (χ4n) is 3.29. The zero-order chi connectivity index (χ0) is 22.6. The summed E-state index contributed by atoms with van der Waals surface area (Å²) in [5.41, 5.74) is 1.92. The molecule has 30 heavy (non-hydrogen) atoms. The molecule has 1 heterocycles. The van der Waals surface area contributed by atoms with Crippen molar-refractivity contribution in [2.75, 3.05) is 11.5 Å². The fourth-order valence-corrected chi connectivity index (χ4v) is 6.79. The van der Waals surface area contributed by atoms with E-state index in [1.54, 1.807) is 6.92 Å². The third-order valence-corrected chi connectivity index (χ3v) is 8.61. The van der Waals surface area contributed by atoms with Crippen molar-refractivity contribution in [3.63, 3.8) is 0 Å². The highest BCUT2D eigenvalue weighted by Gasteiger charge is 2.38. The van der Waals surface area contributed by atoms with Gasteiger partial charge >= 0.3 is 0 Å². The molecular weight excluding hydrogens is 412 g/mol. The Kier molecular flexibility index (Phi) is 12.3. The average Bonchev–Trinajstić information content (AvgIpc) is 2.73. The van der Waals surface area contributed by atoms with Crippen LogP contribution in [0.1, 0.15) is 71.8 Å². The van der Waals surface area contributed by atoms with Gasteiger partial charge in [-0.2, -0.15) is 0 Å². The maximum Gasteiger partial charge on any atom is 0.155 e. The van der Waals surface area contributed by atoms with Gasteiger partial charge in [-0.25, -0.2) is 0 Å². The van der Waals surface area contributed by atoms with Gasteiger partial charge in [0.2, 0.25) is 0 Å². The lowest BCUT2D eigenvalue weighted by molar-refractivity contribution is -0.121. The third-order valence-electron chi connectivity index (χ3n) is 5.18. The summed E-state index contributed by atoms with van der Waals surface area (Å²) in [4.78, 5) is 32.9. The highest BCUT2D eigenvalue weighted by Crippen LogP contribution is 2.54. The number of Topliss-reactive ketones (excluding diaryl/α,β-unsaturated/α-hetero) is 3. The minimum Gasteiger partial charge on any atom is -0.300 e. The Morgan fingerprint density at radius 2 is 1.63 bits per heavy atom. The van der Waals surface area contributed by atoms with E-state index < -0.39 is 0 Å². The van der Waals surface area contributed by atoms with Crippen LogP contribution in [0.3, 0.4) is 0 Å². The Hall–Kier alpha value is -1.33. The molecule has 0 bridgehead atoms. The first-order chi connectivity index (χ1) is 14.2. The Labute approximate surface area is 190 Å². The second-order valence-electron chi connectivity index (χ2n) is 7.83. The first kappa shape index (κ1) is 26.7. The molecule has 1 unspecified atom stereocenters. The van der Waals surface area contributed by atoms with Gasteiger partial charge in [-0.15, -0.1) is 23.5 Å². The number of allylic oxidation sites excluding steroid dienone is 1. The molecule has 0 spiro atoms. The maximum absolute atomic E-state index is 12.0. The van der Waals surface area contributed by atoms with Crippen LogP contribution in [0.25, 0.3) is 0 Å². The minimum atomic E-state index is -0.0266. The van der Waals surface area contributed by atoms with Crippen molar-refractivity contribution in [1.82, 2.24) is 0 Å². The first-order valence-electron chi connectivity index (χ1n) is 10.7. The number of carbonyl (C=O) groups is 3. The van der Waals surface area contributed by atoms with Crippen molar-refractivity contribution in [3.05, 3.63) is 48.0 Å². The quantitative estimate of drug-likeness (QED) is 0.377. The number of benzene rings is 1. The predicted molar refractivity (Wildman–Crippen MR) is 131 cm³/mol. The Bertz CT molecular complexity index is 706. The largest absolute Gasteiger partial charge is 0.300 e. The second kappa shape index (κ2) is 13.9. The molecule has 1 saturated heterocycles. The van der Waals surface area contributed by atoms with Crippen molar-refractivity contribution in [1.29, 1.82) is 0 Å². The summed E-state index contributed by atoms with van der Waals surface area (Å²) in [6.07, 6.45) is 5.30. The molecule has 5 heteroatoms. The van der Waals surface area contributed by atoms with E-state index in [9.17, 15) is 14.4 Å². The molecule has 1 aromatic carbocycles. The second-order valence-corrected chi connectivity index (χ2v) is 10.9. The van der Waals surface area contributed by atoms with E-state index in [-0.39, 0.29) is 21.6 Å². The van der Waals surface area contributed by atoms with Crippen LogP contribution in [-0.2, 0) is 18.5 Å². The molecule has 1 aromatic rings. The summed E-state index contributed by atoms with van der Waals surface area (Å²) in [7, 11) is 0. The molecule has 0 aliphatic carbocycles. The highest BCUT2D eigenvalue weighted by atomic mass is 32.2. The Morgan fingerprint density at radius 1 is 1.03 bits per heavy atom. The first-order valence-corrected chi connectivity index (χ1v) is 12.7. The molecular formula is C25H36O3S2. The van der Waals surface area contributed by atoms with Crippen molar-refractivity contribution >= 4 is 40.9 Å². The van der Waals surface area contributed by atoms with Crippen LogP contribution in [0.5, 0.6) is 0 Å². The van der Waals surface area contributed by atoms with Gasteiger partial charge in [0.15, 0.2) is 5.78 Å². The molecule has 166 valence electrons. The molecule has 0 amide bonds. The lowest BCUT2D eigenvalue weighted by Gasteiger charge is -2.38. The molecule has 0 aromatic heterocycles. The minimum absolute atomic E-state index is 0.0266. The van der Waals surface area contributed by atoms with Gasteiger partial charge in [0.25, 0.3) is 0 Å². The number of hydrogen-bond acceptors (Lipinski definition) is 5. The number of rotatable bonds is 10. The third kappa shape index (κ3) is 9.22. The van der Waals surface area contributed by atoms with E-state index in [1.807, 2.05) is 23.5 Å². The predicted octanol–water partition coefficient (Wildman–Crippen LogP) is 6.61. The molecule has 1 fully saturated rings. The smallest absolute Gasteiger partial charge is 0.155 e. The van der Waals surface area contributed by atoms with Gasteiger partial charge in [-0.05, 0) is 69.1 Å². The van der Waals surface area contributed by atoms with Gasteiger partial charge in [0, 0.05) is 12.3 Å². The van der Waals surface area contributed by atoms with E-state index in [0.717, 1.165) is 19.3 Å². The van der Waals surface area contributed by atoms with E-state index in [4.69, 9.17) is 0 Å². The van der Waals surface area contributed by atoms with Gasteiger partial charge in [-0.1, -0.05) is 50.3 Å². The van der Waals surface area contributed by atoms with Crippen molar-refractivity contribution < 1.29 is 14.4 Å². The lowest BCUT2D eigenvalue weighted by atomic mass is 9.91. The number of carbonyl (C=O) groups excluding carboxylic acids is 3. The molecule has 1 aliphatic rings.